The number of carbonyl (C=O) groups excluding carboxylic acids is 2. The maximum atomic E-state index is 13.8. The molecular formula is C34H56O14. The van der Waals surface area contributed by atoms with Gasteiger partial charge in [0.25, 0.3) is 0 Å². The molecule has 0 aromatic heterocycles. The van der Waals surface area contributed by atoms with E-state index in [4.69, 9.17) is 37.9 Å². The molecule has 5 heterocycles. The van der Waals surface area contributed by atoms with Gasteiger partial charge in [-0.15, -0.1) is 0 Å². The lowest BCUT2D eigenvalue weighted by Gasteiger charge is -2.43. The fraction of sp³-hybridized carbons (Fsp3) is 0.941. The summed E-state index contributed by atoms with van der Waals surface area (Å²) in [6.07, 6.45) is -5.12. The zero-order valence-corrected chi connectivity index (χ0v) is 28.6. The predicted molar refractivity (Wildman–Crippen MR) is 165 cm³/mol. The van der Waals surface area contributed by atoms with Crippen molar-refractivity contribution in [2.75, 3.05) is 26.4 Å². The van der Waals surface area contributed by atoms with Crippen LogP contribution in [0, 0.1) is 35.5 Å². The van der Waals surface area contributed by atoms with E-state index >= 15 is 0 Å². The van der Waals surface area contributed by atoms with Gasteiger partial charge in [-0.1, -0.05) is 27.7 Å². The van der Waals surface area contributed by atoms with Gasteiger partial charge in [0.1, 0.15) is 0 Å². The summed E-state index contributed by atoms with van der Waals surface area (Å²) < 4.78 is 47.9. The summed E-state index contributed by atoms with van der Waals surface area (Å²) in [5.41, 5.74) is 0. The van der Waals surface area contributed by atoms with Crippen molar-refractivity contribution in [2.24, 2.45) is 35.5 Å². The van der Waals surface area contributed by atoms with Gasteiger partial charge < -0.3 is 58.3 Å². The van der Waals surface area contributed by atoms with E-state index in [0.717, 1.165) is 0 Å². The average Bonchev–Trinajstić information content (AvgIpc) is 3.05. The SMILES string of the molecule is CCC1CC2C(=O)OC3OC(CC)CC(O)C3COCC3CC(O)C(CC)C(OC(=O)C4CC(COCC2C(O)O1)OC(O)C4CC)O3. The maximum Gasteiger partial charge on any atom is 0.311 e. The second-order valence-corrected chi connectivity index (χ2v) is 14.1. The molecule has 14 heteroatoms. The molecule has 0 saturated carbocycles. The highest BCUT2D eigenvalue weighted by atomic mass is 16.7. The molecule has 5 rings (SSSR count). The molecule has 5 saturated heterocycles. The van der Waals surface area contributed by atoms with E-state index in [1.807, 2.05) is 27.7 Å². The first-order valence-electron chi connectivity index (χ1n) is 18.0. The summed E-state index contributed by atoms with van der Waals surface area (Å²) in [5.74, 6) is -5.13. The molecule has 0 spiro atoms. The van der Waals surface area contributed by atoms with E-state index in [-0.39, 0.29) is 51.5 Å². The van der Waals surface area contributed by atoms with Gasteiger partial charge in [-0.3, -0.25) is 9.59 Å². The molecule has 5 aliphatic heterocycles. The predicted octanol–water partition coefficient (Wildman–Crippen LogP) is 1.62. The van der Waals surface area contributed by atoms with Crippen LogP contribution in [-0.4, -0.2) is 121 Å². The fourth-order valence-corrected chi connectivity index (χ4v) is 7.89. The third kappa shape index (κ3) is 8.70. The van der Waals surface area contributed by atoms with Crippen molar-refractivity contribution in [3.63, 3.8) is 0 Å². The van der Waals surface area contributed by atoms with Crippen LogP contribution in [0.4, 0.5) is 0 Å². The quantitative estimate of drug-likeness (QED) is 0.312. The second kappa shape index (κ2) is 17.2. The third-order valence-corrected chi connectivity index (χ3v) is 11.0. The van der Waals surface area contributed by atoms with Gasteiger partial charge in [0.05, 0.1) is 80.8 Å². The molecule has 16 unspecified atom stereocenters. The van der Waals surface area contributed by atoms with Crippen LogP contribution in [0.3, 0.4) is 0 Å². The lowest BCUT2D eigenvalue weighted by atomic mass is 9.82. The smallest absolute Gasteiger partial charge is 0.311 e. The Morgan fingerprint density at radius 2 is 1.15 bits per heavy atom. The van der Waals surface area contributed by atoms with E-state index in [9.17, 15) is 30.0 Å². The highest BCUT2D eigenvalue weighted by molar-refractivity contribution is 5.73. The van der Waals surface area contributed by atoms with Crippen LogP contribution in [0.5, 0.6) is 0 Å². The van der Waals surface area contributed by atoms with Gasteiger partial charge >= 0.3 is 11.9 Å². The van der Waals surface area contributed by atoms with Crippen LogP contribution in [-0.2, 0) is 47.5 Å². The lowest BCUT2D eigenvalue weighted by molar-refractivity contribution is -0.274. The van der Waals surface area contributed by atoms with E-state index in [1.165, 1.54) is 0 Å². The first-order chi connectivity index (χ1) is 23.1. The van der Waals surface area contributed by atoms with Crippen LogP contribution < -0.4 is 0 Å². The minimum Gasteiger partial charge on any atom is -0.435 e. The number of fused-ring (bicyclic) bond motifs is 6. The van der Waals surface area contributed by atoms with Crippen LogP contribution >= 0.6 is 0 Å². The number of hydrogen-bond acceptors (Lipinski definition) is 14. The fourth-order valence-electron chi connectivity index (χ4n) is 7.89. The highest BCUT2D eigenvalue weighted by Gasteiger charge is 2.48. The molecule has 0 aromatic carbocycles. The number of ether oxygens (including phenoxy) is 8. The van der Waals surface area contributed by atoms with Crippen LogP contribution in [0.2, 0.25) is 0 Å². The lowest BCUT2D eigenvalue weighted by Crippen LogP contribution is -2.52. The van der Waals surface area contributed by atoms with Crippen molar-refractivity contribution < 1.29 is 67.9 Å². The van der Waals surface area contributed by atoms with Crippen molar-refractivity contribution in [3.05, 3.63) is 0 Å². The molecule has 5 fully saturated rings. The molecule has 0 amide bonds. The third-order valence-electron chi connectivity index (χ3n) is 11.0. The number of carbonyl (C=O) groups is 2. The van der Waals surface area contributed by atoms with Crippen molar-refractivity contribution in [1.29, 1.82) is 0 Å². The number of esters is 2. The minimum atomic E-state index is -1.30. The van der Waals surface area contributed by atoms with Gasteiger partial charge in [-0.25, -0.2) is 0 Å². The van der Waals surface area contributed by atoms with Crippen molar-refractivity contribution in [2.45, 2.75) is 141 Å². The minimum absolute atomic E-state index is 0.0205. The molecule has 14 nitrogen and oxygen atoms in total. The monoisotopic (exact) mass is 688 g/mol. The van der Waals surface area contributed by atoms with Crippen LogP contribution in [0.1, 0.15) is 79.1 Å². The van der Waals surface area contributed by atoms with Gasteiger partial charge in [-0.05, 0) is 38.5 Å². The Morgan fingerprint density at radius 3 is 1.81 bits per heavy atom. The molecule has 5 aliphatic rings. The standard InChI is InChI=1S/C34H56O14/c1-5-17-9-24-25(32(40)43-17)15-41-13-19-10-23(21(7-3)29(37)44-19)30(38)47-33-22(8-4)27(35)12-20(46-33)14-42-16-26-28(36)11-18(6-2)45-34(26)48-31(24)39/h17-29,32-37,40H,5-16H2,1-4H3. The summed E-state index contributed by atoms with van der Waals surface area (Å²) in [4.78, 5) is 27.5. The van der Waals surface area contributed by atoms with E-state index in [2.05, 4.69) is 0 Å². The molecule has 4 bridgehead atoms. The van der Waals surface area contributed by atoms with Crippen LogP contribution in [0.15, 0.2) is 0 Å². The second-order valence-electron chi connectivity index (χ2n) is 14.1. The Kier molecular flexibility index (Phi) is 13.5. The van der Waals surface area contributed by atoms with Gasteiger partial charge in [0.15, 0.2) is 12.6 Å². The molecule has 0 radical (unpaired) electrons. The normalized spacial score (nSPS) is 46.8. The van der Waals surface area contributed by atoms with Gasteiger partial charge in [-0.2, -0.15) is 0 Å². The zero-order valence-electron chi connectivity index (χ0n) is 28.6. The van der Waals surface area contributed by atoms with E-state index < -0.39 is 97.0 Å². The van der Waals surface area contributed by atoms with Crippen LogP contribution in [0.25, 0.3) is 0 Å². The van der Waals surface area contributed by atoms with Crippen molar-refractivity contribution in [3.8, 4) is 0 Å². The van der Waals surface area contributed by atoms with Crippen molar-refractivity contribution in [1.82, 2.24) is 0 Å². The summed E-state index contributed by atoms with van der Waals surface area (Å²) in [6, 6.07) is 0. The first-order valence-corrected chi connectivity index (χ1v) is 18.0. The summed E-state index contributed by atoms with van der Waals surface area (Å²) in [5, 5.41) is 44.0. The topological polar surface area (TPSA) is 189 Å². The van der Waals surface area contributed by atoms with E-state index in [0.29, 0.717) is 38.5 Å². The number of aliphatic hydroxyl groups is 4. The van der Waals surface area contributed by atoms with E-state index in [1.54, 1.807) is 0 Å². The molecular weight excluding hydrogens is 632 g/mol. The molecule has 4 N–H and O–H groups in total. The number of rotatable bonds is 4. The van der Waals surface area contributed by atoms with Gasteiger partial charge in [0.2, 0.25) is 12.6 Å². The molecule has 0 aromatic rings. The summed E-state index contributed by atoms with van der Waals surface area (Å²) in [6.45, 7) is 7.48. The Morgan fingerprint density at radius 1 is 0.542 bits per heavy atom. The molecule has 0 aliphatic carbocycles. The Labute approximate surface area is 282 Å². The summed E-state index contributed by atoms with van der Waals surface area (Å²) in [7, 11) is 0. The molecule has 276 valence electrons. The van der Waals surface area contributed by atoms with Gasteiger partial charge in [0, 0.05) is 30.6 Å². The zero-order chi connectivity index (χ0) is 34.5. The summed E-state index contributed by atoms with van der Waals surface area (Å²) >= 11 is 0. The largest absolute Gasteiger partial charge is 0.435 e. The number of hydrogen-bond donors (Lipinski definition) is 4. The average molecular weight is 689 g/mol. The Hall–Kier alpha value is -1.46. The highest BCUT2D eigenvalue weighted by Crippen LogP contribution is 2.38. The Bertz CT molecular complexity index is 1050. The molecule has 16 atom stereocenters. The molecule has 48 heavy (non-hydrogen) atoms. The number of aliphatic hydroxyl groups excluding tert-OH is 4. The van der Waals surface area contributed by atoms with Crippen molar-refractivity contribution >= 4 is 11.9 Å². The Balaban J connectivity index is 1.41. The first kappa shape index (κ1) is 37.8. The maximum absolute atomic E-state index is 13.8.